The lowest BCUT2D eigenvalue weighted by Crippen LogP contribution is -2.45. The standard InChI is InChI=1S/C16H27NO4/c1-2-11-9-13(14(10-11)16(20)21)15(19)17(7-8-18)12-5-3-4-6-12/h11-14,18H,2-10H2,1H3,(H,20,21)/t11?,13-,14+/m0/s1. The summed E-state index contributed by atoms with van der Waals surface area (Å²) in [6.07, 6.45) is 6.41. The Bertz CT molecular complexity index is 378. The molecule has 120 valence electrons. The van der Waals surface area contributed by atoms with Crippen LogP contribution in [-0.2, 0) is 9.59 Å². The molecular weight excluding hydrogens is 270 g/mol. The number of hydrogen-bond acceptors (Lipinski definition) is 3. The highest BCUT2D eigenvalue weighted by Crippen LogP contribution is 2.40. The van der Waals surface area contributed by atoms with E-state index in [4.69, 9.17) is 0 Å². The van der Waals surface area contributed by atoms with Crippen molar-refractivity contribution in [3.63, 3.8) is 0 Å². The van der Waals surface area contributed by atoms with Crippen LogP contribution in [0.25, 0.3) is 0 Å². The predicted molar refractivity (Wildman–Crippen MR) is 78.7 cm³/mol. The van der Waals surface area contributed by atoms with Crippen molar-refractivity contribution in [2.24, 2.45) is 17.8 Å². The molecule has 1 unspecified atom stereocenters. The topological polar surface area (TPSA) is 77.8 Å². The molecule has 2 saturated carbocycles. The summed E-state index contributed by atoms with van der Waals surface area (Å²) in [6, 6.07) is 0.194. The van der Waals surface area contributed by atoms with E-state index in [0.29, 0.717) is 25.3 Å². The molecule has 3 atom stereocenters. The Morgan fingerprint density at radius 2 is 1.76 bits per heavy atom. The van der Waals surface area contributed by atoms with Crippen molar-refractivity contribution in [3.05, 3.63) is 0 Å². The molecule has 5 nitrogen and oxygen atoms in total. The molecule has 2 aliphatic rings. The lowest BCUT2D eigenvalue weighted by molar-refractivity contribution is -0.150. The van der Waals surface area contributed by atoms with Gasteiger partial charge in [0.05, 0.1) is 18.4 Å². The average Bonchev–Trinajstić information content (AvgIpc) is 3.12. The normalized spacial score (nSPS) is 29.7. The van der Waals surface area contributed by atoms with Gasteiger partial charge in [-0.05, 0) is 31.6 Å². The molecule has 0 heterocycles. The molecule has 0 aliphatic heterocycles. The maximum Gasteiger partial charge on any atom is 0.307 e. The molecule has 2 rings (SSSR count). The Labute approximate surface area is 126 Å². The lowest BCUT2D eigenvalue weighted by Gasteiger charge is -2.32. The second-order valence-corrected chi connectivity index (χ2v) is 6.49. The van der Waals surface area contributed by atoms with E-state index in [1.807, 2.05) is 0 Å². The van der Waals surface area contributed by atoms with Gasteiger partial charge >= 0.3 is 5.97 Å². The van der Waals surface area contributed by atoms with Crippen LogP contribution in [-0.4, -0.2) is 46.2 Å². The van der Waals surface area contributed by atoms with Crippen molar-refractivity contribution in [2.75, 3.05) is 13.2 Å². The molecule has 0 aromatic carbocycles. The molecule has 0 bridgehead atoms. The summed E-state index contributed by atoms with van der Waals surface area (Å²) in [5.74, 6) is -1.51. The Balaban J connectivity index is 2.12. The molecule has 2 aliphatic carbocycles. The molecule has 0 aromatic heterocycles. The van der Waals surface area contributed by atoms with E-state index < -0.39 is 17.8 Å². The van der Waals surface area contributed by atoms with Crippen molar-refractivity contribution in [1.29, 1.82) is 0 Å². The van der Waals surface area contributed by atoms with E-state index >= 15 is 0 Å². The Kier molecular flexibility index (Phi) is 5.62. The third-order valence-electron chi connectivity index (χ3n) is 5.26. The second kappa shape index (κ2) is 7.25. The SMILES string of the molecule is CCC1C[C@H](C(=O)N(CCO)C2CCCC2)[C@H](C(=O)O)C1. The molecule has 2 N–H and O–H groups in total. The summed E-state index contributed by atoms with van der Waals surface area (Å²) >= 11 is 0. The zero-order chi connectivity index (χ0) is 15.4. The zero-order valence-corrected chi connectivity index (χ0v) is 12.8. The van der Waals surface area contributed by atoms with E-state index in [9.17, 15) is 19.8 Å². The number of aliphatic hydroxyl groups excluding tert-OH is 1. The van der Waals surface area contributed by atoms with Crippen molar-refractivity contribution in [1.82, 2.24) is 4.90 Å². The highest BCUT2D eigenvalue weighted by Gasteiger charge is 2.44. The maximum atomic E-state index is 12.9. The third-order valence-corrected chi connectivity index (χ3v) is 5.26. The highest BCUT2D eigenvalue weighted by molar-refractivity contribution is 5.85. The Morgan fingerprint density at radius 1 is 1.14 bits per heavy atom. The molecule has 0 saturated heterocycles. The van der Waals surface area contributed by atoms with Crippen molar-refractivity contribution < 1.29 is 19.8 Å². The molecule has 21 heavy (non-hydrogen) atoms. The summed E-state index contributed by atoms with van der Waals surface area (Å²) in [4.78, 5) is 26.1. The summed E-state index contributed by atoms with van der Waals surface area (Å²) in [5.41, 5.74) is 0. The quantitative estimate of drug-likeness (QED) is 0.785. The number of carbonyl (C=O) groups is 2. The molecular formula is C16H27NO4. The second-order valence-electron chi connectivity index (χ2n) is 6.49. The molecule has 2 fully saturated rings. The van der Waals surface area contributed by atoms with E-state index in [0.717, 1.165) is 32.1 Å². The summed E-state index contributed by atoms with van der Waals surface area (Å²) in [5, 5.41) is 18.7. The first kappa shape index (κ1) is 16.3. The predicted octanol–water partition coefficient (Wildman–Crippen LogP) is 1.89. The van der Waals surface area contributed by atoms with Gasteiger partial charge in [0.2, 0.25) is 5.91 Å². The first-order chi connectivity index (χ1) is 10.1. The number of carboxylic acids is 1. The number of rotatable bonds is 6. The van der Waals surface area contributed by atoms with Crippen LogP contribution in [0.3, 0.4) is 0 Å². The van der Waals surface area contributed by atoms with Gasteiger partial charge in [0, 0.05) is 12.6 Å². The maximum absolute atomic E-state index is 12.9. The highest BCUT2D eigenvalue weighted by atomic mass is 16.4. The monoisotopic (exact) mass is 297 g/mol. The number of nitrogens with zero attached hydrogens (tertiary/aromatic N) is 1. The average molecular weight is 297 g/mol. The molecule has 0 aromatic rings. The largest absolute Gasteiger partial charge is 0.481 e. The molecule has 0 spiro atoms. The minimum Gasteiger partial charge on any atom is -0.481 e. The van der Waals surface area contributed by atoms with Gasteiger partial charge in [-0.15, -0.1) is 0 Å². The number of amides is 1. The first-order valence-electron chi connectivity index (χ1n) is 8.22. The number of carbonyl (C=O) groups excluding carboxylic acids is 1. The van der Waals surface area contributed by atoms with Gasteiger partial charge < -0.3 is 15.1 Å². The number of aliphatic carboxylic acids is 1. The number of aliphatic hydroxyl groups is 1. The Morgan fingerprint density at radius 3 is 2.29 bits per heavy atom. The van der Waals surface area contributed by atoms with Gasteiger partial charge in [-0.25, -0.2) is 0 Å². The van der Waals surface area contributed by atoms with Crippen LogP contribution in [0.1, 0.15) is 51.9 Å². The van der Waals surface area contributed by atoms with Gasteiger partial charge in [0.15, 0.2) is 0 Å². The third kappa shape index (κ3) is 3.57. The number of hydrogen-bond donors (Lipinski definition) is 2. The van der Waals surface area contributed by atoms with Crippen LogP contribution in [0.5, 0.6) is 0 Å². The number of carboxylic acid groups (broad SMARTS) is 1. The van der Waals surface area contributed by atoms with E-state index in [1.54, 1.807) is 4.90 Å². The van der Waals surface area contributed by atoms with Crippen LogP contribution in [0.2, 0.25) is 0 Å². The summed E-state index contributed by atoms with van der Waals surface area (Å²) in [7, 11) is 0. The van der Waals surface area contributed by atoms with Crippen molar-refractivity contribution >= 4 is 11.9 Å². The fraction of sp³-hybridized carbons (Fsp3) is 0.875. The fourth-order valence-corrected chi connectivity index (χ4v) is 4.03. The lowest BCUT2D eigenvalue weighted by atomic mass is 9.94. The minimum absolute atomic E-state index is 0.0423. The Hall–Kier alpha value is -1.10. The van der Waals surface area contributed by atoms with E-state index in [2.05, 4.69) is 6.92 Å². The molecule has 5 heteroatoms. The smallest absolute Gasteiger partial charge is 0.307 e. The van der Waals surface area contributed by atoms with Crippen molar-refractivity contribution in [3.8, 4) is 0 Å². The van der Waals surface area contributed by atoms with Gasteiger partial charge in [-0.3, -0.25) is 9.59 Å². The van der Waals surface area contributed by atoms with Crippen LogP contribution in [0, 0.1) is 17.8 Å². The van der Waals surface area contributed by atoms with Gasteiger partial charge in [-0.2, -0.15) is 0 Å². The zero-order valence-electron chi connectivity index (χ0n) is 12.8. The van der Waals surface area contributed by atoms with Crippen LogP contribution < -0.4 is 0 Å². The van der Waals surface area contributed by atoms with E-state index in [1.165, 1.54) is 0 Å². The van der Waals surface area contributed by atoms with Crippen LogP contribution >= 0.6 is 0 Å². The van der Waals surface area contributed by atoms with E-state index in [-0.39, 0.29) is 18.6 Å². The van der Waals surface area contributed by atoms with Crippen LogP contribution in [0.4, 0.5) is 0 Å². The molecule has 1 amide bonds. The molecule has 0 radical (unpaired) electrons. The summed E-state index contributed by atoms with van der Waals surface area (Å²) in [6.45, 7) is 2.34. The van der Waals surface area contributed by atoms with Gasteiger partial charge in [-0.1, -0.05) is 26.2 Å². The van der Waals surface area contributed by atoms with Gasteiger partial charge in [0.25, 0.3) is 0 Å². The first-order valence-corrected chi connectivity index (χ1v) is 8.22. The van der Waals surface area contributed by atoms with Crippen LogP contribution in [0.15, 0.2) is 0 Å². The fourth-order valence-electron chi connectivity index (χ4n) is 4.03. The van der Waals surface area contributed by atoms with Crippen molar-refractivity contribution in [2.45, 2.75) is 57.9 Å². The summed E-state index contributed by atoms with van der Waals surface area (Å²) < 4.78 is 0. The van der Waals surface area contributed by atoms with Gasteiger partial charge in [0.1, 0.15) is 0 Å². The minimum atomic E-state index is -0.848.